The fraction of sp³-hybridized carbons (Fsp3) is 0.333. The molecule has 1 atom stereocenters. The summed E-state index contributed by atoms with van der Waals surface area (Å²) in [6.45, 7) is 5.26. The fourth-order valence-corrected chi connectivity index (χ4v) is 3.62. The number of carbonyl (C=O) groups excluding carboxylic acids is 1. The van der Waals surface area contributed by atoms with Crippen molar-refractivity contribution in [2.45, 2.75) is 19.2 Å². The van der Waals surface area contributed by atoms with E-state index in [2.05, 4.69) is 15.2 Å². The van der Waals surface area contributed by atoms with Gasteiger partial charge in [-0.05, 0) is 30.7 Å². The molecule has 2 heterocycles. The van der Waals surface area contributed by atoms with E-state index >= 15 is 0 Å². The first-order valence-corrected chi connectivity index (χ1v) is 10.5. The van der Waals surface area contributed by atoms with Crippen molar-refractivity contribution in [1.29, 1.82) is 0 Å². The van der Waals surface area contributed by atoms with Gasteiger partial charge in [-0.3, -0.25) is 0 Å². The zero-order chi connectivity index (χ0) is 21.5. The molecule has 7 heteroatoms. The number of nitrogens with zero attached hydrogens (tertiary/aromatic N) is 2. The molecule has 0 radical (unpaired) electrons. The lowest BCUT2D eigenvalue weighted by Crippen LogP contribution is -2.54. The van der Waals surface area contributed by atoms with Crippen LogP contribution in [0.1, 0.15) is 18.1 Å². The maximum absolute atomic E-state index is 13.1. The van der Waals surface area contributed by atoms with Crippen LogP contribution in [0.2, 0.25) is 0 Å². The van der Waals surface area contributed by atoms with Crippen molar-refractivity contribution in [2.24, 2.45) is 4.99 Å². The number of ether oxygens (including phenoxy) is 3. The SMILES string of the molecule is CCOC(=O)C1(c2cccc(OCc3ccccc3)c2)N=CC=C(N2CCOCC2)N1. The van der Waals surface area contributed by atoms with Gasteiger partial charge in [-0.2, -0.15) is 0 Å². The van der Waals surface area contributed by atoms with Crippen LogP contribution in [-0.4, -0.2) is 50.0 Å². The van der Waals surface area contributed by atoms with Crippen LogP contribution in [0.4, 0.5) is 0 Å². The van der Waals surface area contributed by atoms with Gasteiger partial charge in [0.2, 0.25) is 0 Å². The topological polar surface area (TPSA) is 72.4 Å². The smallest absolute Gasteiger partial charge is 0.359 e. The van der Waals surface area contributed by atoms with Crippen molar-refractivity contribution < 1.29 is 19.0 Å². The summed E-state index contributed by atoms with van der Waals surface area (Å²) in [7, 11) is 0. The second-order valence-corrected chi connectivity index (χ2v) is 7.29. The highest BCUT2D eigenvalue weighted by Crippen LogP contribution is 2.31. The van der Waals surface area contributed by atoms with Crippen LogP contribution in [0.25, 0.3) is 0 Å². The molecule has 2 aromatic rings. The van der Waals surface area contributed by atoms with Gasteiger partial charge in [-0.1, -0.05) is 42.5 Å². The van der Waals surface area contributed by atoms with Crippen molar-refractivity contribution in [1.82, 2.24) is 10.2 Å². The highest BCUT2D eigenvalue weighted by Gasteiger charge is 2.44. The second-order valence-electron chi connectivity index (χ2n) is 7.29. The molecule has 162 valence electrons. The Bertz CT molecular complexity index is 954. The molecule has 0 aromatic heterocycles. The van der Waals surface area contributed by atoms with Crippen molar-refractivity contribution in [3.05, 3.63) is 77.6 Å². The van der Waals surface area contributed by atoms with E-state index in [-0.39, 0.29) is 6.61 Å². The Morgan fingerprint density at radius 3 is 2.74 bits per heavy atom. The first-order chi connectivity index (χ1) is 15.2. The molecular weight excluding hydrogens is 394 g/mol. The van der Waals surface area contributed by atoms with E-state index in [0.717, 1.165) is 24.5 Å². The summed E-state index contributed by atoms with van der Waals surface area (Å²) >= 11 is 0. The van der Waals surface area contributed by atoms with Crippen LogP contribution in [0, 0.1) is 0 Å². The van der Waals surface area contributed by atoms with Crippen molar-refractivity contribution in [2.75, 3.05) is 32.9 Å². The zero-order valence-corrected chi connectivity index (χ0v) is 17.6. The molecule has 1 unspecified atom stereocenters. The number of nitrogens with one attached hydrogen (secondary N) is 1. The molecule has 0 bridgehead atoms. The van der Waals surface area contributed by atoms with Crippen LogP contribution < -0.4 is 10.1 Å². The normalized spacial score (nSPS) is 20.5. The minimum Gasteiger partial charge on any atom is -0.489 e. The minimum atomic E-state index is -1.37. The lowest BCUT2D eigenvalue weighted by molar-refractivity contribution is -0.151. The summed E-state index contributed by atoms with van der Waals surface area (Å²) in [5.41, 5.74) is 0.357. The predicted octanol–water partition coefficient (Wildman–Crippen LogP) is 2.83. The third-order valence-electron chi connectivity index (χ3n) is 5.23. The monoisotopic (exact) mass is 421 g/mol. The number of carbonyl (C=O) groups is 1. The molecule has 0 saturated carbocycles. The molecule has 4 rings (SSSR count). The highest BCUT2D eigenvalue weighted by molar-refractivity contribution is 5.87. The largest absolute Gasteiger partial charge is 0.489 e. The molecule has 0 spiro atoms. The van der Waals surface area contributed by atoms with Gasteiger partial charge in [-0.25, -0.2) is 9.79 Å². The zero-order valence-electron chi connectivity index (χ0n) is 17.6. The van der Waals surface area contributed by atoms with Crippen molar-refractivity contribution in [3.63, 3.8) is 0 Å². The van der Waals surface area contributed by atoms with Gasteiger partial charge in [0, 0.05) is 24.9 Å². The van der Waals surface area contributed by atoms with Crippen molar-refractivity contribution >= 4 is 12.2 Å². The van der Waals surface area contributed by atoms with Gasteiger partial charge in [0.05, 0.1) is 19.8 Å². The summed E-state index contributed by atoms with van der Waals surface area (Å²) in [5, 5.41) is 3.34. The Morgan fingerprint density at radius 2 is 1.97 bits per heavy atom. The lowest BCUT2D eigenvalue weighted by Gasteiger charge is -2.38. The molecule has 1 N–H and O–H groups in total. The summed E-state index contributed by atoms with van der Waals surface area (Å²) in [4.78, 5) is 19.8. The van der Waals surface area contributed by atoms with E-state index in [4.69, 9.17) is 14.2 Å². The van der Waals surface area contributed by atoms with Crippen LogP contribution >= 0.6 is 0 Å². The minimum absolute atomic E-state index is 0.262. The Morgan fingerprint density at radius 1 is 1.16 bits per heavy atom. The number of allylic oxidation sites excluding steroid dienone is 1. The number of esters is 1. The molecular formula is C24H27N3O4. The van der Waals surface area contributed by atoms with Gasteiger partial charge in [0.15, 0.2) is 0 Å². The first kappa shape index (κ1) is 20.9. The van der Waals surface area contributed by atoms with E-state index in [1.807, 2.05) is 60.7 Å². The van der Waals surface area contributed by atoms with E-state index < -0.39 is 11.6 Å². The number of morpholine rings is 1. The number of aliphatic imine (C=N–C) groups is 1. The standard InChI is InChI=1S/C24H27N3O4/c1-2-30-23(28)24(25-12-11-22(26-24)27-13-15-29-16-14-27)20-9-6-10-21(17-20)31-18-19-7-4-3-5-8-19/h3-12,17,26H,2,13-16,18H2,1H3. The average molecular weight is 421 g/mol. The van der Waals surface area contributed by atoms with Crippen LogP contribution in [0.3, 0.4) is 0 Å². The van der Waals surface area contributed by atoms with Gasteiger partial charge in [-0.15, -0.1) is 0 Å². The van der Waals surface area contributed by atoms with Gasteiger partial charge < -0.3 is 24.4 Å². The third kappa shape index (κ3) is 4.72. The van der Waals surface area contributed by atoms with E-state index in [1.165, 1.54) is 0 Å². The average Bonchev–Trinajstić information content (AvgIpc) is 2.84. The molecule has 2 aliphatic heterocycles. The summed E-state index contributed by atoms with van der Waals surface area (Å²) in [6.07, 6.45) is 3.54. The molecule has 0 aliphatic carbocycles. The number of benzene rings is 2. The summed E-state index contributed by atoms with van der Waals surface area (Å²) in [6, 6.07) is 17.4. The maximum atomic E-state index is 13.1. The van der Waals surface area contributed by atoms with Crippen LogP contribution in [-0.2, 0) is 26.5 Å². The third-order valence-corrected chi connectivity index (χ3v) is 5.23. The quantitative estimate of drug-likeness (QED) is 0.693. The van der Waals surface area contributed by atoms with Crippen molar-refractivity contribution in [3.8, 4) is 5.75 Å². The van der Waals surface area contributed by atoms with Gasteiger partial charge in [0.1, 0.15) is 18.2 Å². The van der Waals surface area contributed by atoms with E-state index in [1.54, 1.807) is 13.1 Å². The van der Waals surface area contributed by atoms with E-state index in [0.29, 0.717) is 31.1 Å². The molecule has 2 aliphatic rings. The lowest BCUT2D eigenvalue weighted by atomic mass is 9.98. The first-order valence-electron chi connectivity index (χ1n) is 10.5. The van der Waals surface area contributed by atoms with Crippen LogP contribution in [0.15, 0.2) is 71.5 Å². The number of hydrogen-bond donors (Lipinski definition) is 1. The molecule has 0 amide bonds. The summed E-state index contributed by atoms with van der Waals surface area (Å²) < 4.78 is 16.8. The second kappa shape index (κ2) is 9.66. The number of hydrogen-bond acceptors (Lipinski definition) is 7. The Balaban J connectivity index is 1.60. The molecule has 7 nitrogen and oxygen atoms in total. The molecule has 2 aromatic carbocycles. The predicted molar refractivity (Wildman–Crippen MR) is 118 cm³/mol. The molecule has 1 fully saturated rings. The number of rotatable bonds is 7. The fourth-order valence-electron chi connectivity index (χ4n) is 3.62. The van der Waals surface area contributed by atoms with Gasteiger partial charge in [0.25, 0.3) is 5.66 Å². The summed E-state index contributed by atoms with van der Waals surface area (Å²) in [5.74, 6) is 1.02. The Labute approximate surface area is 182 Å². The molecule has 31 heavy (non-hydrogen) atoms. The highest BCUT2D eigenvalue weighted by atomic mass is 16.5. The van der Waals surface area contributed by atoms with E-state index in [9.17, 15) is 4.79 Å². The maximum Gasteiger partial charge on any atom is 0.359 e. The Kier molecular flexibility index (Phi) is 6.52. The Hall–Kier alpha value is -3.32. The van der Waals surface area contributed by atoms with Crippen LogP contribution in [0.5, 0.6) is 5.75 Å². The van der Waals surface area contributed by atoms with Gasteiger partial charge >= 0.3 is 5.97 Å². The molecule has 1 saturated heterocycles.